The Labute approximate surface area is 154 Å². The SMILES string of the molecule is COc1ccccc1-c1nc(C(=O)N[C@H]2C[C@H]2c2ccc(F)cc2)cs1. The first kappa shape index (κ1) is 16.7. The van der Waals surface area contributed by atoms with E-state index in [1.165, 1.54) is 23.5 Å². The molecular formula is C20H17FN2O2S. The number of halogens is 1. The summed E-state index contributed by atoms with van der Waals surface area (Å²) in [6.07, 6.45) is 0.862. The summed E-state index contributed by atoms with van der Waals surface area (Å²) < 4.78 is 18.4. The fourth-order valence-corrected chi connectivity index (χ4v) is 3.83. The van der Waals surface area contributed by atoms with Gasteiger partial charge in [0.1, 0.15) is 22.3 Å². The smallest absolute Gasteiger partial charge is 0.271 e. The van der Waals surface area contributed by atoms with Crippen LogP contribution in [0.15, 0.2) is 53.9 Å². The monoisotopic (exact) mass is 368 g/mol. The van der Waals surface area contributed by atoms with Crippen molar-refractivity contribution in [3.63, 3.8) is 0 Å². The van der Waals surface area contributed by atoms with Crippen molar-refractivity contribution in [3.05, 3.63) is 71.0 Å². The van der Waals surface area contributed by atoms with Gasteiger partial charge in [0.15, 0.2) is 0 Å². The van der Waals surface area contributed by atoms with Crippen molar-refractivity contribution in [1.29, 1.82) is 0 Å². The summed E-state index contributed by atoms with van der Waals surface area (Å²) in [5.74, 6) is 0.539. The number of carbonyl (C=O) groups excluding carboxylic acids is 1. The fraction of sp³-hybridized carbons (Fsp3) is 0.200. The molecule has 1 aliphatic rings. The molecule has 0 bridgehead atoms. The highest BCUT2D eigenvalue weighted by molar-refractivity contribution is 7.13. The van der Waals surface area contributed by atoms with Gasteiger partial charge in [-0.3, -0.25) is 4.79 Å². The first-order chi connectivity index (χ1) is 12.7. The lowest BCUT2D eigenvalue weighted by Gasteiger charge is -2.05. The van der Waals surface area contributed by atoms with E-state index < -0.39 is 0 Å². The van der Waals surface area contributed by atoms with E-state index in [0.717, 1.165) is 28.3 Å². The van der Waals surface area contributed by atoms with Crippen LogP contribution >= 0.6 is 11.3 Å². The van der Waals surface area contributed by atoms with Crippen LogP contribution in [0.4, 0.5) is 4.39 Å². The Morgan fingerprint density at radius 3 is 2.77 bits per heavy atom. The van der Waals surface area contributed by atoms with Gasteiger partial charge in [0.25, 0.3) is 5.91 Å². The van der Waals surface area contributed by atoms with Gasteiger partial charge in [-0.05, 0) is 36.2 Å². The van der Waals surface area contributed by atoms with Crippen LogP contribution in [0, 0.1) is 5.82 Å². The highest BCUT2D eigenvalue weighted by Crippen LogP contribution is 2.41. The first-order valence-corrected chi connectivity index (χ1v) is 9.19. The molecule has 6 heteroatoms. The second kappa shape index (κ2) is 6.88. The zero-order valence-corrected chi connectivity index (χ0v) is 14.9. The van der Waals surface area contributed by atoms with Gasteiger partial charge in [0.05, 0.1) is 12.7 Å². The highest BCUT2D eigenvalue weighted by atomic mass is 32.1. The quantitative estimate of drug-likeness (QED) is 0.733. The van der Waals surface area contributed by atoms with Gasteiger partial charge < -0.3 is 10.1 Å². The number of hydrogen-bond donors (Lipinski definition) is 1. The summed E-state index contributed by atoms with van der Waals surface area (Å²) >= 11 is 1.41. The van der Waals surface area contributed by atoms with Crippen LogP contribution in [0.5, 0.6) is 5.75 Å². The van der Waals surface area contributed by atoms with E-state index in [1.807, 2.05) is 24.3 Å². The van der Waals surface area contributed by atoms with Crippen LogP contribution < -0.4 is 10.1 Å². The summed E-state index contributed by atoms with van der Waals surface area (Å²) in [6, 6.07) is 14.1. The fourth-order valence-electron chi connectivity index (χ4n) is 3.00. The number of thiazole rings is 1. The molecule has 1 amide bonds. The van der Waals surface area contributed by atoms with Crippen molar-refractivity contribution in [2.75, 3.05) is 7.11 Å². The van der Waals surface area contributed by atoms with Gasteiger partial charge in [-0.15, -0.1) is 11.3 Å². The molecular weight excluding hydrogens is 351 g/mol. The lowest BCUT2D eigenvalue weighted by Crippen LogP contribution is -2.26. The summed E-state index contributed by atoms with van der Waals surface area (Å²) in [6.45, 7) is 0. The molecule has 4 rings (SSSR count). The number of hydrogen-bond acceptors (Lipinski definition) is 4. The predicted octanol–water partition coefficient (Wildman–Crippen LogP) is 4.24. The van der Waals surface area contributed by atoms with E-state index in [9.17, 15) is 9.18 Å². The minimum Gasteiger partial charge on any atom is -0.496 e. The molecule has 2 aromatic carbocycles. The Bertz CT molecular complexity index is 939. The lowest BCUT2D eigenvalue weighted by atomic mass is 10.1. The third-order valence-corrected chi connectivity index (χ3v) is 5.35. The van der Waals surface area contributed by atoms with Crippen molar-refractivity contribution < 1.29 is 13.9 Å². The van der Waals surface area contributed by atoms with Crippen LogP contribution in [-0.2, 0) is 0 Å². The van der Waals surface area contributed by atoms with Gasteiger partial charge in [-0.2, -0.15) is 0 Å². The summed E-state index contributed by atoms with van der Waals surface area (Å²) in [4.78, 5) is 16.9. The van der Waals surface area contributed by atoms with E-state index in [0.29, 0.717) is 5.69 Å². The van der Waals surface area contributed by atoms with Crippen molar-refractivity contribution in [2.45, 2.75) is 18.4 Å². The van der Waals surface area contributed by atoms with Crippen molar-refractivity contribution >= 4 is 17.2 Å². The molecule has 3 aromatic rings. The van der Waals surface area contributed by atoms with Crippen LogP contribution in [0.2, 0.25) is 0 Å². The summed E-state index contributed by atoms with van der Waals surface area (Å²) in [5, 5.41) is 5.51. The maximum atomic E-state index is 13.0. The van der Waals surface area contributed by atoms with Crippen LogP contribution in [0.1, 0.15) is 28.4 Å². The molecule has 2 atom stereocenters. The van der Waals surface area contributed by atoms with Gasteiger partial charge in [0.2, 0.25) is 0 Å². The van der Waals surface area contributed by atoms with Gasteiger partial charge >= 0.3 is 0 Å². The second-order valence-electron chi connectivity index (χ2n) is 6.21. The minimum atomic E-state index is -0.249. The number of amides is 1. The van der Waals surface area contributed by atoms with E-state index >= 15 is 0 Å². The number of carbonyl (C=O) groups is 1. The topological polar surface area (TPSA) is 51.2 Å². The Morgan fingerprint density at radius 2 is 2.00 bits per heavy atom. The number of nitrogens with one attached hydrogen (secondary N) is 1. The Balaban J connectivity index is 1.44. The standard InChI is InChI=1S/C20H17FN2O2S/c1-25-18-5-3-2-4-14(18)20-23-17(11-26-20)19(24)22-16-10-15(16)12-6-8-13(21)9-7-12/h2-9,11,15-16H,10H2,1H3,(H,22,24)/t15-,16-/m0/s1. The van der Waals surface area contributed by atoms with Gasteiger partial charge in [-0.1, -0.05) is 24.3 Å². The van der Waals surface area contributed by atoms with Crippen LogP contribution in [-0.4, -0.2) is 24.0 Å². The number of ether oxygens (including phenoxy) is 1. The molecule has 1 N–H and O–H groups in total. The van der Waals surface area contributed by atoms with Crippen LogP contribution in [0.25, 0.3) is 10.6 Å². The summed E-state index contributed by atoms with van der Waals surface area (Å²) in [5.41, 5.74) is 2.32. The zero-order valence-electron chi connectivity index (χ0n) is 14.1. The average molecular weight is 368 g/mol. The molecule has 1 aliphatic carbocycles. The highest BCUT2D eigenvalue weighted by Gasteiger charge is 2.39. The number of rotatable bonds is 5. The van der Waals surface area contributed by atoms with E-state index in [1.54, 1.807) is 24.6 Å². The zero-order chi connectivity index (χ0) is 18.1. The Kier molecular flexibility index (Phi) is 4.42. The molecule has 0 unspecified atom stereocenters. The number of benzene rings is 2. The molecule has 132 valence electrons. The summed E-state index contributed by atoms with van der Waals surface area (Å²) in [7, 11) is 1.61. The maximum Gasteiger partial charge on any atom is 0.271 e. The average Bonchev–Trinajstić information content (AvgIpc) is 3.24. The number of aromatic nitrogens is 1. The van der Waals surface area contributed by atoms with Crippen molar-refractivity contribution in [1.82, 2.24) is 10.3 Å². The number of para-hydroxylation sites is 1. The van der Waals surface area contributed by atoms with Crippen molar-refractivity contribution in [2.24, 2.45) is 0 Å². The molecule has 26 heavy (non-hydrogen) atoms. The number of methoxy groups -OCH3 is 1. The van der Waals surface area contributed by atoms with Gasteiger partial charge in [-0.25, -0.2) is 9.37 Å². The molecule has 0 spiro atoms. The van der Waals surface area contributed by atoms with Gasteiger partial charge in [0, 0.05) is 17.3 Å². The predicted molar refractivity (Wildman–Crippen MR) is 99.1 cm³/mol. The molecule has 1 fully saturated rings. The molecule has 1 saturated carbocycles. The molecule has 1 heterocycles. The second-order valence-corrected chi connectivity index (χ2v) is 7.07. The lowest BCUT2D eigenvalue weighted by molar-refractivity contribution is 0.0946. The molecule has 4 nitrogen and oxygen atoms in total. The third kappa shape index (κ3) is 3.32. The van der Waals surface area contributed by atoms with Crippen LogP contribution in [0.3, 0.4) is 0 Å². The Morgan fingerprint density at radius 1 is 1.23 bits per heavy atom. The molecule has 0 saturated heterocycles. The van der Waals surface area contributed by atoms with E-state index in [-0.39, 0.29) is 23.7 Å². The first-order valence-electron chi connectivity index (χ1n) is 8.31. The van der Waals surface area contributed by atoms with E-state index in [4.69, 9.17) is 4.74 Å². The minimum absolute atomic E-state index is 0.0735. The third-order valence-electron chi connectivity index (χ3n) is 4.48. The normalized spacial score (nSPS) is 18.4. The molecule has 0 radical (unpaired) electrons. The molecule has 1 aromatic heterocycles. The van der Waals surface area contributed by atoms with Crippen molar-refractivity contribution in [3.8, 4) is 16.3 Å². The number of nitrogens with zero attached hydrogens (tertiary/aromatic N) is 1. The largest absolute Gasteiger partial charge is 0.496 e. The van der Waals surface area contributed by atoms with E-state index in [2.05, 4.69) is 10.3 Å². The maximum absolute atomic E-state index is 13.0. The molecule has 0 aliphatic heterocycles. The Hall–Kier alpha value is -2.73.